The first kappa shape index (κ1) is 13.5. The molecule has 1 nitrogen and oxygen atoms in total. The van der Waals surface area contributed by atoms with Crippen LogP contribution in [0.4, 0.5) is 0 Å². The molecular formula is C15H27N. The summed E-state index contributed by atoms with van der Waals surface area (Å²) in [6, 6.07) is 0. The highest BCUT2D eigenvalue weighted by molar-refractivity contribution is 6.05. The topological polar surface area (TPSA) is 12.4 Å². The second-order valence-electron chi connectivity index (χ2n) is 6.35. The van der Waals surface area contributed by atoms with Crippen molar-refractivity contribution in [1.82, 2.24) is 0 Å². The maximum absolute atomic E-state index is 4.97. The summed E-state index contributed by atoms with van der Waals surface area (Å²) in [4.78, 5) is 4.97. The maximum atomic E-state index is 4.97. The monoisotopic (exact) mass is 221 g/mol. The van der Waals surface area contributed by atoms with E-state index >= 15 is 0 Å². The molecule has 1 aliphatic heterocycles. The molecule has 0 aromatic carbocycles. The quantitative estimate of drug-likeness (QED) is 0.666. The minimum atomic E-state index is 0.00731. The van der Waals surface area contributed by atoms with E-state index in [-0.39, 0.29) is 5.54 Å². The molecule has 0 radical (unpaired) electrons. The molecule has 1 heterocycles. The zero-order valence-electron chi connectivity index (χ0n) is 12.2. The van der Waals surface area contributed by atoms with Crippen molar-refractivity contribution in [3.05, 3.63) is 11.1 Å². The number of aliphatic imine (C=N–C) groups is 1. The van der Waals surface area contributed by atoms with Gasteiger partial charge in [-0.3, -0.25) is 4.99 Å². The first-order valence-electron chi connectivity index (χ1n) is 6.53. The smallest absolute Gasteiger partial charge is 0.0773 e. The molecule has 0 amide bonds. The van der Waals surface area contributed by atoms with Crippen LogP contribution in [0, 0.1) is 17.8 Å². The Balaban J connectivity index is 3.36. The van der Waals surface area contributed by atoms with Gasteiger partial charge in [0.05, 0.1) is 5.54 Å². The van der Waals surface area contributed by atoms with Gasteiger partial charge in [0.2, 0.25) is 0 Å². The van der Waals surface area contributed by atoms with Gasteiger partial charge in [-0.05, 0) is 42.7 Å². The van der Waals surface area contributed by atoms with Gasteiger partial charge in [0.25, 0.3) is 0 Å². The second kappa shape index (κ2) is 4.35. The number of hydrogen-bond acceptors (Lipinski definition) is 1. The Kier molecular flexibility index (Phi) is 3.66. The molecule has 0 saturated carbocycles. The average Bonchev–Trinajstić information content (AvgIpc) is 2.36. The second-order valence-corrected chi connectivity index (χ2v) is 6.35. The Morgan fingerprint density at radius 2 is 1.31 bits per heavy atom. The molecular weight excluding hydrogens is 194 g/mol. The summed E-state index contributed by atoms with van der Waals surface area (Å²) in [5, 5.41) is 0. The zero-order chi connectivity index (χ0) is 12.7. The van der Waals surface area contributed by atoms with E-state index in [4.69, 9.17) is 4.99 Å². The van der Waals surface area contributed by atoms with Gasteiger partial charge in [-0.15, -0.1) is 0 Å². The van der Waals surface area contributed by atoms with Gasteiger partial charge >= 0.3 is 0 Å². The highest BCUT2D eigenvalue weighted by atomic mass is 14.9. The summed E-state index contributed by atoms with van der Waals surface area (Å²) >= 11 is 0. The van der Waals surface area contributed by atoms with Crippen molar-refractivity contribution in [3.63, 3.8) is 0 Å². The van der Waals surface area contributed by atoms with Crippen molar-refractivity contribution in [2.45, 2.75) is 60.9 Å². The molecule has 0 spiro atoms. The zero-order valence-corrected chi connectivity index (χ0v) is 12.2. The lowest BCUT2D eigenvalue weighted by Gasteiger charge is -2.25. The molecule has 92 valence electrons. The molecule has 0 bridgehead atoms. The summed E-state index contributed by atoms with van der Waals surface area (Å²) in [6.07, 6.45) is 0. The predicted octanol–water partition coefficient (Wildman–Crippen LogP) is 4.48. The molecule has 1 rings (SSSR count). The van der Waals surface area contributed by atoms with E-state index in [1.54, 1.807) is 5.57 Å². The van der Waals surface area contributed by atoms with Gasteiger partial charge in [0, 0.05) is 5.71 Å². The first-order valence-corrected chi connectivity index (χ1v) is 6.53. The van der Waals surface area contributed by atoms with Crippen LogP contribution < -0.4 is 0 Å². The Morgan fingerprint density at radius 3 is 1.62 bits per heavy atom. The van der Waals surface area contributed by atoms with Gasteiger partial charge in [0.15, 0.2) is 0 Å². The maximum Gasteiger partial charge on any atom is 0.0773 e. The molecule has 0 aromatic rings. The third-order valence-corrected chi connectivity index (χ3v) is 3.33. The Morgan fingerprint density at radius 1 is 0.812 bits per heavy atom. The molecule has 0 unspecified atom stereocenters. The van der Waals surface area contributed by atoms with Crippen LogP contribution in [-0.2, 0) is 0 Å². The van der Waals surface area contributed by atoms with Crippen molar-refractivity contribution < 1.29 is 0 Å². The fourth-order valence-electron chi connectivity index (χ4n) is 2.95. The Bertz CT molecular complexity index is 327. The van der Waals surface area contributed by atoms with Crippen molar-refractivity contribution in [2.24, 2.45) is 22.7 Å². The van der Waals surface area contributed by atoms with E-state index < -0.39 is 0 Å². The van der Waals surface area contributed by atoms with Crippen molar-refractivity contribution in [1.29, 1.82) is 0 Å². The lowest BCUT2D eigenvalue weighted by Crippen LogP contribution is -2.22. The molecule has 1 heteroatoms. The number of rotatable bonds is 3. The van der Waals surface area contributed by atoms with E-state index in [1.165, 1.54) is 11.3 Å². The van der Waals surface area contributed by atoms with Crippen molar-refractivity contribution in [2.75, 3.05) is 0 Å². The van der Waals surface area contributed by atoms with Crippen LogP contribution in [0.15, 0.2) is 16.1 Å². The van der Waals surface area contributed by atoms with Gasteiger partial charge < -0.3 is 0 Å². The van der Waals surface area contributed by atoms with Crippen molar-refractivity contribution >= 4 is 5.71 Å². The largest absolute Gasteiger partial charge is 0.279 e. The molecule has 0 aromatic heterocycles. The van der Waals surface area contributed by atoms with Crippen LogP contribution in [0.2, 0.25) is 0 Å². The standard InChI is InChI=1S/C15H27N/c1-9(2)12-13(10(3)4)15(7,8)16-14(12)11(5)6/h9-11H,1-8H3. The number of nitrogens with zero attached hydrogens (tertiary/aromatic N) is 1. The highest BCUT2D eigenvalue weighted by Gasteiger charge is 2.37. The SMILES string of the molecule is CC(C)C1=NC(C)(C)C(C(C)C)=C1C(C)C. The molecule has 0 aliphatic carbocycles. The fraction of sp³-hybridized carbons (Fsp3) is 0.800. The molecule has 0 atom stereocenters. The third kappa shape index (κ3) is 2.23. The normalized spacial score (nSPS) is 20.3. The van der Waals surface area contributed by atoms with Gasteiger partial charge in [0.1, 0.15) is 0 Å². The van der Waals surface area contributed by atoms with Crippen LogP contribution in [0.1, 0.15) is 55.4 Å². The van der Waals surface area contributed by atoms with E-state index in [0.717, 1.165) is 0 Å². The summed E-state index contributed by atoms with van der Waals surface area (Å²) in [6.45, 7) is 18.2. The predicted molar refractivity (Wildman–Crippen MR) is 73.1 cm³/mol. The van der Waals surface area contributed by atoms with E-state index in [1.807, 2.05) is 0 Å². The summed E-state index contributed by atoms with van der Waals surface area (Å²) in [5.74, 6) is 1.71. The highest BCUT2D eigenvalue weighted by Crippen LogP contribution is 2.40. The first-order chi connectivity index (χ1) is 7.18. The van der Waals surface area contributed by atoms with Crippen molar-refractivity contribution in [3.8, 4) is 0 Å². The summed E-state index contributed by atoms with van der Waals surface area (Å²) in [7, 11) is 0. The van der Waals surface area contributed by atoms with Crippen LogP contribution in [0.3, 0.4) is 0 Å². The van der Waals surface area contributed by atoms with E-state index in [9.17, 15) is 0 Å². The van der Waals surface area contributed by atoms with Gasteiger partial charge in [-0.2, -0.15) is 0 Å². The average molecular weight is 221 g/mol. The minimum absolute atomic E-state index is 0.00731. The van der Waals surface area contributed by atoms with Crippen LogP contribution in [0.25, 0.3) is 0 Å². The fourth-order valence-corrected chi connectivity index (χ4v) is 2.95. The van der Waals surface area contributed by atoms with Gasteiger partial charge in [-0.25, -0.2) is 0 Å². The van der Waals surface area contributed by atoms with Crippen LogP contribution >= 0.6 is 0 Å². The van der Waals surface area contributed by atoms with Crippen LogP contribution in [0.5, 0.6) is 0 Å². The van der Waals surface area contributed by atoms with Gasteiger partial charge in [-0.1, -0.05) is 41.5 Å². The van der Waals surface area contributed by atoms with Crippen LogP contribution in [-0.4, -0.2) is 11.3 Å². The minimum Gasteiger partial charge on any atom is -0.279 e. The molecule has 0 fully saturated rings. The lowest BCUT2D eigenvalue weighted by atomic mass is 9.80. The Labute approximate surface area is 101 Å². The molecule has 16 heavy (non-hydrogen) atoms. The molecule has 0 saturated heterocycles. The molecule has 1 aliphatic rings. The Hall–Kier alpha value is -0.590. The lowest BCUT2D eigenvalue weighted by molar-refractivity contribution is 0.539. The number of allylic oxidation sites excluding steroid dienone is 1. The third-order valence-electron chi connectivity index (χ3n) is 3.33. The summed E-state index contributed by atoms with van der Waals surface area (Å²) in [5.41, 5.74) is 4.41. The molecule has 0 N–H and O–H groups in total. The number of hydrogen-bond donors (Lipinski definition) is 0. The van der Waals surface area contributed by atoms with E-state index in [0.29, 0.717) is 17.8 Å². The van der Waals surface area contributed by atoms with E-state index in [2.05, 4.69) is 55.4 Å². The summed E-state index contributed by atoms with van der Waals surface area (Å²) < 4.78 is 0.